The molecule has 54 heavy (non-hydrogen) atoms. The van der Waals surface area contributed by atoms with E-state index in [1.54, 1.807) is 0 Å². The highest BCUT2D eigenvalue weighted by molar-refractivity contribution is 5.85. The van der Waals surface area contributed by atoms with Crippen LogP contribution in [0.1, 0.15) is 107 Å². The van der Waals surface area contributed by atoms with Crippen LogP contribution in [-0.2, 0) is 23.7 Å². The van der Waals surface area contributed by atoms with Gasteiger partial charge in [0, 0.05) is 23.2 Å². The molecule has 2 heterocycles. The first-order valence-electron chi connectivity index (χ1n) is 20.5. The molecule has 0 spiro atoms. The molecule has 0 unspecified atom stereocenters. The molecule has 13 heteroatoms. The third-order valence-corrected chi connectivity index (χ3v) is 17.4. The minimum Gasteiger partial charge on any atom is -0.394 e. The summed E-state index contributed by atoms with van der Waals surface area (Å²) in [4.78, 5) is 15.1. The van der Waals surface area contributed by atoms with Crippen molar-refractivity contribution >= 4 is 5.78 Å². The summed E-state index contributed by atoms with van der Waals surface area (Å²) >= 11 is 0. The molecule has 0 amide bonds. The van der Waals surface area contributed by atoms with Gasteiger partial charge >= 0.3 is 0 Å². The highest BCUT2D eigenvalue weighted by atomic mass is 16.7. The largest absolute Gasteiger partial charge is 0.394 e. The molecule has 2 saturated heterocycles. The van der Waals surface area contributed by atoms with Crippen LogP contribution < -0.4 is 0 Å². The number of aliphatic hydroxyl groups is 8. The Labute approximate surface area is 319 Å². The maximum atomic E-state index is 15.1. The molecule has 5 aliphatic carbocycles. The van der Waals surface area contributed by atoms with Gasteiger partial charge in [-0.2, -0.15) is 0 Å². The molecule has 310 valence electrons. The Morgan fingerprint density at radius 1 is 0.759 bits per heavy atom. The van der Waals surface area contributed by atoms with Crippen LogP contribution in [0.4, 0.5) is 0 Å². The fourth-order valence-electron chi connectivity index (χ4n) is 14.7. The Kier molecular flexibility index (Phi) is 10.4. The summed E-state index contributed by atoms with van der Waals surface area (Å²) in [6.07, 6.45) is -7.62. The van der Waals surface area contributed by atoms with Gasteiger partial charge in [0.05, 0.1) is 31.0 Å². The maximum absolute atomic E-state index is 15.1. The van der Waals surface area contributed by atoms with Crippen LogP contribution in [0, 0.1) is 56.7 Å². The van der Waals surface area contributed by atoms with Gasteiger partial charge in [-0.15, -0.1) is 0 Å². The molecular weight excluding hydrogens is 700 g/mol. The first-order valence-corrected chi connectivity index (χ1v) is 20.5. The van der Waals surface area contributed by atoms with Crippen molar-refractivity contribution < 1.29 is 64.6 Å². The quantitative estimate of drug-likeness (QED) is 0.181. The molecular formula is C41H68O13. The second kappa shape index (κ2) is 13.6. The van der Waals surface area contributed by atoms with Crippen molar-refractivity contribution in [3.8, 4) is 0 Å². The Morgan fingerprint density at radius 2 is 1.37 bits per heavy atom. The number of fused-ring (bicyclic) bond motifs is 7. The Bertz CT molecular complexity index is 1420. The molecule has 7 rings (SSSR count). The monoisotopic (exact) mass is 768 g/mol. The van der Waals surface area contributed by atoms with Crippen LogP contribution in [0.15, 0.2) is 0 Å². The van der Waals surface area contributed by atoms with E-state index in [4.69, 9.17) is 18.9 Å². The lowest BCUT2D eigenvalue weighted by molar-refractivity contribution is -0.351. The van der Waals surface area contributed by atoms with Crippen LogP contribution >= 0.6 is 0 Å². The number of aliphatic hydroxyl groups excluding tert-OH is 7. The Hall–Kier alpha value is -0.810. The van der Waals surface area contributed by atoms with Crippen LogP contribution in [0.25, 0.3) is 0 Å². The fraction of sp³-hybridized carbons (Fsp3) is 0.976. The second-order valence-electron chi connectivity index (χ2n) is 20.7. The molecule has 0 aromatic carbocycles. The van der Waals surface area contributed by atoms with E-state index in [0.29, 0.717) is 25.7 Å². The summed E-state index contributed by atoms with van der Waals surface area (Å²) in [7, 11) is 0. The number of ketones is 1. The van der Waals surface area contributed by atoms with Crippen molar-refractivity contribution in [3.63, 3.8) is 0 Å². The number of ether oxygens (including phenoxy) is 4. The van der Waals surface area contributed by atoms with Gasteiger partial charge in [0.15, 0.2) is 12.6 Å². The lowest BCUT2D eigenvalue weighted by atomic mass is 9.31. The predicted octanol–water partition coefficient (Wildman–Crippen LogP) is 1.66. The van der Waals surface area contributed by atoms with E-state index in [9.17, 15) is 40.9 Å². The normalized spacial score (nSPS) is 56.0. The topological polar surface area (TPSA) is 216 Å². The third kappa shape index (κ3) is 5.79. The number of hydrogen-bond donors (Lipinski definition) is 8. The van der Waals surface area contributed by atoms with Crippen molar-refractivity contribution in [2.75, 3.05) is 13.2 Å². The second-order valence-corrected chi connectivity index (χ2v) is 20.7. The van der Waals surface area contributed by atoms with Gasteiger partial charge in [-0.3, -0.25) is 4.79 Å². The van der Waals surface area contributed by atoms with Crippen molar-refractivity contribution in [2.24, 2.45) is 56.7 Å². The zero-order valence-corrected chi connectivity index (χ0v) is 33.4. The van der Waals surface area contributed by atoms with Gasteiger partial charge in [-0.05, 0) is 98.7 Å². The molecule has 20 atom stereocenters. The molecule has 0 radical (unpaired) electrons. The van der Waals surface area contributed by atoms with Gasteiger partial charge in [-0.1, -0.05) is 41.5 Å². The fourth-order valence-corrected chi connectivity index (χ4v) is 14.7. The van der Waals surface area contributed by atoms with Gasteiger partial charge in [0.2, 0.25) is 0 Å². The van der Waals surface area contributed by atoms with Crippen LogP contribution in [-0.4, -0.2) is 133 Å². The van der Waals surface area contributed by atoms with E-state index >= 15 is 4.79 Å². The summed E-state index contributed by atoms with van der Waals surface area (Å²) < 4.78 is 25.0. The molecule has 8 N–H and O–H groups in total. The van der Waals surface area contributed by atoms with Crippen molar-refractivity contribution in [1.29, 1.82) is 0 Å². The minimum absolute atomic E-state index is 0.000446. The van der Waals surface area contributed by atoms with Crippen molar-refractivity contribution in [3.05, 3.63) is 0 Å². The highest BCUT2D eigenvalue weighted by Crippen LogP contribution is 2.78. The highest BCUT2D eigenvalue weighted by Gasteiger charge is 2.76. The van der Waals surface area contributed by atoms with E-state index in [2.05, 4.69) is 41.5 Å². The standard InChI is InChI=1S/C41H68O13/c1-36(2)26(53-34-31(48)28(45)22(44)18-51-34)12-14-39(6)24-9-10-25-38(5)13-11-19(37(3,4)50)20(38)15-27(41(25,8)40(24,7)16-21(43)33(36)39)54-35-32(49)30(47)29(46)23(17-42)52-35/h19-20,22-35,42,44-50H,9-18H2,1-8H3/t19-,20+,22+,23-,24-,25-,26+,27-,28+,29-,30+,31-,32-,33+,34+,35+,38+,39-,40-,41+/m1/s1. The van der Waals surface area contributed by atoms with E-state index in [0.717, 1.165) is 25.7 Å². The summed E-state index contributed by atoms with van der Waals surface area (Å²) in [5.41, 5.74) is -3.37. The van der Waals surface area contributed by atoms with Crippen LogP contribution in [0.2, 0.25) is 0 Å². The summed E-state index contributed by atoms with van der Waals surface area (Å²) in [6, 6.07) is 0. The molecule has 5 saturated carbocycles. The van der Waals surface area contributed by atoms with Crippen molar-refractivity contribution in [1.82, 2.24) is 0 Å². The predicted molar refractivity (Wildman–Crippen MR) is 193 cm³/mol. The molecule has 7 aliphatic rings. The number of Topliss-reactive ketones (excluding diaryl/α,β-unsaturated/α-hetero) is 1. The number of hydrogen-bond acceptors (Lipinski definition) is 13. The van der Waals surface area contributed by atoms with Crippen LogP contribution in [0.3, 0.4) is 0 Å². The zero-order valence-electron chi connectivity index (χ0n) is 33.4. The molecule has 0 bridgehead atoms. The number of carbonyl (C=O) groups is 1. The smallest absolute Gasteiger partial charge is 0.186 e. The molecule has 0 aromatic rings. The summed E-state index contributed by atoms with van der Waals surface area (Å²) in [6.45, 7) is 16.3. The minimum atomic E-state index is -1.59. The van der Waals surface area contributed by atoms with E-state index in [1.165, 1.54) is 0 Å². The molecule has 13 nitrogen and oxygen atoms in total. The zero-order chi connectivity index (χ0) is 39.7. The SMILES string of the molecule is CC(C)(O)[C@@H]1CC[C@]2(C)[C@H]3CC[C@@H]4[C@@]5(C)CC[C@H](O[C@@H]6OC[C@H](O)[C@H](O)[C@H]6O)C(C)(C)[C@@H]5C(=O)C[C@@]4(C)[C@]3(C)[C@H](O[C@@H]3O[C@H](CO)[C@@H](O)[C@H](O)[C@H]3O)C[C@@H]12. The first kappa shape index (κ1) is 41.4. The Balaban J connectivity index is 1.25. The van der Waals surface area contributed by atoms with E-state index in [1.807, 2.05) is 13.8 Å². The van der Waals surface area contributed by atoms with Crippen molar-refractivity contribution in [2.45, 2.75) is 180 Å². The third-order valence-electron chi connectivity index (χ3n) is 17.4. The van der Waals surface area contributed by atoms with Gasteiger partial charge in [0.25, 0.3) is 0 Å². The average molecular weight is 769 g/mol. The average Bonchev–Trinajstić information content (AvgIpc) is 3.43. The number of rotatable bonds is 6. The lowest BCUT2D eigenvalue weighted by Crippen LogP contribution is -2.73. The summed E-state index contributed by atoms with van der Waals surface area (Å²) in [5, 5.41) is 85.2. The first-order chi connectivity index (χ1) is 25.0. The van der Waals surface area contributed by atoms with Crippen LogP contribution in [0.5, 0.6) is 0 Å². The molecule has 0 aromatic heterocycles. The molecule has 7 fully saturated rings. The van der Waals surface area contributed by atoms with E-state index in [-0.39, 0.29) is 47.4 Å². The van der Waals surface area contributed by atoms with Gasteiger partial charge in [0.1, 0.15) is 48.5 Å². The van der Waals surface area contributed by atoms with Gasteiger partial charge < -0.3 is 59.8 Å². The number of carbonyl (C=O) groups excluding carboxylic acids is 1. The lowest BCUT2D eigenvalue weighted by Gasteiger charge is -2.74. The molecule has 2 aliphatic heterocycles. The Morgan fingerprint density at radius 3 is 2.02 bits per heavy atom. The van der Waals surface area contributed by atoms with E-state index < -0.39 is 101 Å². The van der Waals surface area contributed by atoms with Gasteiger partial charge in [-0.25, -0.2) is 0 Å². The summed E-state index contributed by atoms with van der Waals surface area (Å²) in [5.74, 6) is 0.0321. The maximum Gasteiger partial charge on any atom is 0.186 e.